The van der Waals surface area contributed by atoms with E-state index in [9.17, 15) is 18.0 Å². The summed E-state index contributed by atoms with van der Waals surface area (Å²) in [7, 11) is 0.593. The predicted molar refractivity (Wildman–Crippen MR) is 150 cm³/mol. The highest BCUT2D eigenvalue weighted by atomic mass is 32.3. The zero-order chi connectivity index (χ0) is 30.6. The first-order valence-corrected chi connectivity index (χ1v) is 13.0. The minimum absolute atomic E-state index is 0.165. The molecule has 7 N–H and O–H groups in total. The lowest BCUT2D eigenvalue weighted by Gasteiger charge is -2.12. The standard InChI is InChI=1S/C24H25N7O4.CH4O4S/c1-4-19(31(2)3)13-14-25-22-28-23(26-17-9-5-15(6-10-17)20(32)33)30-24(29-22)27-18-11-7-16(8-12-18)21(34)35;1-5-6(2,3)4/h4-14H,1-3H3,(H,32,33)(H,34,35)(H3,25,26,27,28,29,30);1H3,(H,2,3,4)/p+1/b14-13-,19-4+;. The van der Waals surface area contributed by atoms with Gasteiger partial charge in [0.2, 0.25) is 11.9 Å². The molecular formula is C25H30N7O8S+. The molecule has 1 aromatic heterocycles. The monoisotopic (exact) mass is 588 g/mol. The second kappa shape index (κ2) is 15.0. The lowest BCUT2D eigenvalue weighted by atomic mass is 10.2. The van der Waals surface area contributed by atoms with Crippen LogP contribution in [0.25, 0.3) is 0 Å². The molecule has 0 fully saturated rings. The lowest BCUT2D eigenvalue weighted by Crippen LogP contribution is -2.72. The molecule has 218 valence electrons. The van der Waals surface area contributed by atoms with E-state index in [1.807, 2.05) is 44.3 Å². The van der Waals surface area contributed by atoms with Crippen LogP contribution >= 0.6 is 0 Å². The molecule has 0 aliphatic carbocycles. The quantitative estimate of drug-likeness (QED) is 0.140. The average Bonchev–Trinajstić information content (AvgIpc) is 2.91. The van der Waals surface area contributed by atoms with E-state index in [-0.39, 0.29) is 23.0 Å². The first kappa shape index (κ1) is 32.3. The van der Waals surface area contributed by atoms with Crippen LogP contribution < -0.4 is 16.0 Å². The smallest absolute Gasteiger partial charge is 0.397 e. The Balaban J connectivity index is 0.000000883. The fourth-order valence-electron chi connectivity index (χ4n) is 2.97. The Hall–Kier alpha value is -4.90. The maximum absolute atomic E-state index is 11.1. The molecule has 3 aromatic rings. The van der Waals surface area contributed by atoms with Crippen LogP contribution in [0.2, 0.25) is 0 Å². The molecule has 41 heavy (non-hydrogen) atoms. The Morgan fingerprint density at radius 1 is 0.878 bits per heavy atom. The van der Waals surface area contributed by atoms with Crippen LogP contribution in [0.3, 0.4) is 0 Å². The molecule has 0 unspecified atom stereocenters. The first-order chi connectivity index (χ1) is 19.3. The van der Waals surface area contributed by atoms with Gasteiger partial charge >= 0.3 is 28.3 Å². The van der Waals surface area contributed by atoms with E-state index in [0.29, 0.717) is 17.3 Å². The summed E-state index contributed by atoms with van der Waals surface area (Å²) < 4.78 is 29.7. The highest BCUT2D eigenvalue weighted by Crippen LogP contribution is 2.19. The van der Waals surface area contributed by atoms with E-state index >= 15 is 0 Å². The molecule has 0 bridgehead atoms. The zero-order valence-electron chi connectivity index (χ0n) is 22.5. The summed E-state index contributed by atoms with van der Waals surface area (Å²) in [6.45, 7) is 1.94. The van der Waals surface area contributed by atoms with Crippen LogP contribution in [0.5, 0.6) is 0 Å². The minimum atomic E-state index is -4.16. The van der Waals surface area contributed by atoms with Crippen molar-refractivity contribution in [2.75, 3.05) is 31.8 Å². The van der Waals surface area contributed by atoms with Crippen LogP contribution in [0.15, 0.2) is 72.6 Å². The molecule has 0 atom stereocenters. The topological polar surface area (TPSA) is 221 Å². The lowest BCUT2D eigenvalue weighted by molar-refractivity contribution is -0.504. The number of rotatable bonds is 11. The Morgan fingerprint density at radius 2 is 1.29 bits per heavy atom. The third-order valence-electron chi connectivity index (χ3n) is 4.96. The zero-order valence-corrected chi connectivity index (χ0v) is 23.3. The second-order valence-electron chi connectivity index (χ2n) is 8.08. The first-order valence-electron chi connectivity index (χ1n) is 11.7. The Kier molecular flexibility index (Phi) is 11.9. The number of quaternary nitrogens is 1. The van der Waals surface area contributed by atoms with Crippen molar-refractivity contribution < 1.29 is 42.3 Å². The number of aromatic carboxylic acids is 2. The SMILES string of the molecule is C/C=C(\C=C/[NH2+]c1nc(Nc2ccc(C(=O)O)cc2)nc(Nc2ccc(C(=O)O)cc2)n1)N(C)C.COS(=O)(=O)O. The van der Waals surface area contributed by atoms with Crippen molar-refractivity contribution in [2.24, 2.45) is 0 Å². The van der Waals surface area contributed by atoms with Crippen molar-refractivity contribution in [3.8, 4) is 0 Å². The fraction of sp³-hybridized carbons (Fsp3) is 0.160. The number of hydrogen-bond acceptors (Lipinski definition) is 11. The molecular weight excluding hydrogens is 558 g/mol. The van der Waals surface area contributed by atoms with E-state index in [1.54, 1.807) is 29.6 Å². The largest absolute Gasteiger partial charge is 0.478 e. The van der Waals surface area contributed by atoms with E-state index < -0.39 is 22.3 Å². The second-order valence-corrected chi connectivity index (χ2v) is 9.27. The summed E-state index contributed by atoms with van der Waals surface area (Å²) in [5.41, 5.74) is 2.53. The van der Waals surface area contributed by atoms with E-state index in [4.69, 9.17) is 14.8 Å². The highest BCUT2D eigenvalue weighted by molar-refractivity contribution is 7.80. The average molecular weight is 589 g/mol. The van der Waals surface area contributed by atoms with Crippen molar-refractivity contribution in [3.63, 3.8) is 0 Å². The minimum Gasteiger partial charge on any atom is -0.478 e. The van der Waals surface area contributed by atoms with Crippen LogP contribution in [-0.2, 0) is 14.6 Å². The van der Waals surface area contributed by atoms with E-state index in [1.165, 1.54) is 24.3 Å². The van der Waals surface area contributed by atoms with Crippen LogP contribution in [0.1, 0.15) is 27.6 Å². The summed E-state index contributed by atoms with van der Waals surface area (Å²) in [5, 5.41) is 26.0. The van der Waals surface area contributed by atoms with Gasteiger partial charge < -0.3 is 25.7 Å². The molecule has 16 heteroatoms. The maximum Gasteiger partial charge on any atom is 0.397 e. The summed E-state index contributed by atoms with van der Waals surface area (Å²) in [6.07, 6.45) is 5.71. The molecule has 0 amide bonds. The van der Waals surface area contributed by atoms with E-state index in [0.717, 1.165) is 12.8 Å². The number of likely N-dealkylation sites (N-methyl/N-ethyl adjacent to an activating group) is 1. The summed E-state index contributed by atoms with van der Waals surface area (Å²) >= 11 is 0. The Labute approximate surface area is 236 Å². The third kappa shape index (κ3) is 11.4. The molecule has 0 aliphatic heterocycles. The molecule has 0 saturated carbocycles. The fourth-order valence-corrected chi connectivity index (χ4v) is 2.97. The Morgan fingerprint density at radius 3 is 1.61 bits per heavy atom. The summed E-state index contributed by atoms with van der Waals surface area (Å²) in [5.74, 6) is -1.17. The highest BCUT2D eigenvalue weighted by Gasteiger charge is 2.11. The normalized spacial score (nSPS) is 11.4. The van der Waals surface area contributed by atoms with Gasteiger partial charge in [0.1, 0.15) is 6.20 Å². The van der Waals surface area contributed by atoms with Gasteiger partial charge in [-0.3, -0.25) is 14.1 Å². The van der Waals surface area contributed by atoms with Crippen molar-refractivity contribution in [1.29, 1.82) is 0 Å². The van der Waals surface area contributed by atoms with Crippen molar-refractivity contribution in [3.05, 3.63) is 83.7 Å². The number of nitrogens with one attached hydrogen (secondary N) is 2. The maximum atomic E-state index is 11.1. The molecule has 1 heterocycles. The third-order valence-corrected chi connectivity index (χ3v) is 5.38. The number of anilines is 4. The molecule has 15 nitrogen and oxygen atoms in total. The van der Waals surface area contributed by atoms with Gasteiger partial charge in [0.25, 0.3) is 0 Å². The van der Waals surface area contributed by atoms with Gasteiger partial charge in [0, 0.05) is 37.2 Å². The van der Waals surface area contributed by atoms with Gasteiger partial charge in [-0.05, 0) is 55.5 Å². The van der Waals surface area contributed by atoms with Gasteiger partial charge in [-0.1, -0.05) is 6.08 Å². The number of carbonyl (C=O) groups is 2. The van der Waals surface area contributed by atoms with Crippen LogP contribution in [0, 0.1) is 0 Å². The van der Waals surface area contributed by atoms with Crippen LogP contribution in [0.4, 0.5) is 29.2 Å². The number of benzene rings is 2. The molecule has 0 saturated heterocycles. The van der Waals surface area contributed by atoms with Gasteiger partial charge in [-0.2, -0.15) is 13.4 Å². The van der Waals surface area contributed by atoms with Crippen molar-refractivity contribution in [1.82, 2.24) is 19.9 Å². The van der Waals surface area contributed by atoms with Crippen molar-refractivity contribution >= 4 is 51.6 Å². The number of allylic oxidation sites excluding steroid dienone is 2. The molecule has 2 aromatic carbocycles. The summed E-state index contributed by atoms with van der Waals surface area (Å²) in [6, 6.07) is 12.4. The number of nitrogens with zero attached hydrogens (tertiary/aromatic N) is 4. The molecule has 0 spiro atoms. The number of carboxylic acid groups (broad SMARTS) is 2. The number of hydrogen-bond donors (Lipinski definition) is 6. The van der Waals surface area contributed by atoms with Gasteiger partial charge in [-0.15, -0.1) is 9.97 Å². The number of aromatic nitrogens is 3. The van der Waals surface area contributed by atoms with Gasteiger partial charge in [0.05, 0.1) is 18.2 Å². The molecule has 3 rings (SSSR count). The van der Waals surface area contributed by atoms with E-state index in [2.05, 4.69) is 29.8 Å². The predicted octanol–water partition coefficient (Wildman–Crippen LogP) is 2.36. The van der Waals surface area contributed by atoms with Gasteiger partial charge in [-0.25, -0.2) is 9.59 Å². The molecule has 0 radical (unpaired) electrons. The summed E-state index contributed by atoms with van der Waals surface area (Å²) in [4.78, 5) is 37.4. The van der Waals surface area contributed by atoms with Crippen molar-refractivity contribution in [2.45, 2.75) is 6.92 Å². The van der Waals surface area contributed by atoms with Gasteiger partial charge in [0.15, 0.2) is 0 Å². The number of carboxylic acids is 2. The molecule has 0 aliphatic rings. The van der Waals surface area contributed by atoms with Crippen LogP contribution in [-0.4, -0.2) is 76.2 Å². The number of nitrogens with two attached hydrogens (primary N) is 1. The Bertz CT molecular complexity index is 1430.